The van der Waals surface area contributed by atoms with E-state index in [4.69, 9.17) is 9.73 Å². The fraction of sp³-hybridized carbons (Fsp3) is 0.348. The molecule has 2 aromatic carbocycles. The van der Waals surface area contributed by atoms with Gasteiger partial charge in [0, 0.05) is 30.1 Å². The van der Waals surface area contributed by atoms with E-state index in [1.165, 1.54) is 5.56 Å². The fourth-order valence-corrected chi connectivity index (χ4v) is 3.92. The predicted octanol–water partition coefficient (Wildman–Crippen LogP) is 3.49. The first-order valence-corrected chi connectivity index (χ1v) is 9.98. The van der Waals surface area contributed by atoms with Crippen molar-refractivity contribution in [3.8, 4) is 5.75 Å². The highest BCUT2D eigenvalue weighted by Gasteiger charge is 2.36. The fourth-order valence-electron chi connectivity index (χ4n) is 3.92. The highest BCUT2D eigenvalue weighted by atomic mass is 16.5. The van der Waals surface area contributed by atoms with Crippen molar-refractivity contribution in [2.75, 3.05) is 32.1 Å². The van der Waals surface area contributed by atoms with Crippen molar-refractivity contribution in [3.63, 3.8) is 0 Å². The van der Waals surface area contributed by atoms with Gasteiger partial charge in [-0.2, -0.15) is 0 Å². The van der Waals surface area contributed by atoms with Crippen LogP contribution in [0.15, 0.2) is 47.5 Å². The molecule has 1 saturated heterocycles. The summed E-state index contributed by atoms with van der Waals surface area (Å²) in [7, 11) is 1.58. The molecule has 1 fully saturated rings. The molecule has 2 aliphatic heterocycles. The number of carbonyl (C=O) groups excluding carboxylic acids is 2. The van der Waals surface area contributed by atoms with Crippen LogP contribution in [0.4, 0.5) is 11.4 Å². The zero-order valence-electron chi connectivity index (χ0n) is 16.8. The summed E-state index contributed by atoms with van der Waals surface area (Å²) in [6, 6.07) is 13.3. The topological polar surface area (TPSA) is 71.0 Å². The number of amides is 1. The molecule has 0 radical (unpaired) electrons. The van der Waals surface area contributed by atoms with Crippen LogP contribution in [0.25, 0.3) is 0 Å². The number of nitrogens with zero attached hydrogens (tertiary/aromatic N) is 2. The van der Waals surface area contributed by atoms with E-state index in [0.717, 1.165) is 24.4 Å². The first-order chi connectivity index (χ1) is 14.1. The van der Waals surface area contributed by atoms with Gasteiger partial charge in [0.2, 0.25) is 5.91 Å². The molecular weight excluding hydrogens is 366 g/mol. The Morgan fingerprint density at radius 1 is 1.24 bits per heavy atom. The second-order valence-corrected chi connectivity index (χ2v) is 7.49. The summed E-state index contributed by atoms with van der Waals surface area (Å²) in [5.74, 6) is 0.348. The van der Waals surface area contributed by atoms with Crippen LogP contribution >= 0.6 is 0 Å². The molecule has 0 aromatic heterocycles. The number of methoxy groups -OCH3 is 1. The Bertz CT molecular complexity index is 966. The normalized spacial score (nSPS) is 18.5. The van der Waals surface area contributed by atoms with Crippen LogP contribution in [-0.4, -0.2) is 49.0 Å². The summed E-state index contributed by atoms with van der Waals surface area (Å²) in [4.78, 5) is 32.2. The molecule has 0 aliphatic carbocycles. The average Bonchev–Trinajstić information content (AvgIpc) is 2.74. The number of anilines is 1. The highest BCUT2D eigenvalue weighted by Crippen LogP contribution is 2.34. The molecule has 1 N–H and O–H groups in total. The standard InChI is InChI=1S/C23H25N3O3/c1-3-15-4-6-16(7-5-15)24-22(27)14-26-11-10-21-19(13-26)23(28)18-12-17(29-2)8-9-20(18)25-21/h4-9,12,19H,3,10-11,13-14H2,1-2H3,(H,24,27). The number of fused-ring (bicyclic) bond motifs is 2. The first-order valence-electron chi connectivity index (χ1n) is 9.98. The number of Topliss-reactive ketones (excluding diaryl/α,β-unsaturated/α-hetero) is 1. The zero-order chi connectivity index (χ0) is 20.4. The predicted molar refractivity (Wildman–Crippen MR) is 113 cm³/mol. The lowest BCUT2D eigenvalue weighted by Gasteiger charge is -2.34. The summed E-state index contributed by atoms with van der Waals surface area (Å²) in [5, 5.41) is 2.94. The number of likely N-dealkylation sites (tertiary alicyclic amines) is 1. The van der Waals surface area contributed by atoms with E-state index < -0.39 is 0 Å². The Labute approximate surface area is 170 Å². The van der Waals surface area contributed by atoms with Gasteiger partial charge in [-0.15, -0.1) is 0 Å². The maximum absolute atomic E-state index is 13.0. The van der Waals surface area contributed by atoms with Crippen LogP contribution in [0.5, 0.6) is 5.75 Å². The van der Waals surface area contributed by atoms with Gasteiger partial charge in [-0.1, -0.05) is 19.1 Å². The summed E-state index contributed by atoms with van der Waals surface area (Å²) in [6.07, 6.45) is 1.66. The van der Waals surface area contributed by atoms with Gasteiger partial charge in [0.05, 0.1) is 25.3 Å². The van der Waals surface area contributed by atoms with Gasteiger partial charge in [0.1, 0.15) is 5.75 Å². The van der Waals surface area contributed by atoms with Crippen molar-refractivity contribution in [2.45, 2.75) is 19.8 Å². The molecule has 1 amide bonds. The Morgan fingerprint density at radius 3 is 2.76 bits per heavy atom. The molecule has 2 aromatic rings. The molecule has 2 heterocycles. The number of ketones is 1. The number of aliphatic imine (C=N–C) groups is 1. The second kappa shape index (κ2) is 8.17. The van der Waals surface area contributed by atoms with E-state index in [2.05, 4.69) is 12.2 Å². The van der Waals surface area contributed by atoms with E-state index in [-0.39, 0.29) is 24.2 Å². The SMILES string of the molecule is CCc1ccc(NC(=O)CN2CCC3=Nc4ccc(OC)cc4C(=O)C3C2)cc1. The number of benzene rings is 2. The van der Waals surface area contributed by atoms with Crippen LogP contribution in [-0.2, 0) is 11.2 Å². The second-order valence-electron chi connectivity index (χ2n) is 7.49. The summed E-state index contributed by atoms with van der Waals surface area (Å²) < 4.78 is 5.25. The lowest BCUT2D eigenvalue weighted by molar-refractivity contribution is -0.117. The van der Waals surface area contributed by atoms with Crippen molar-refractivity contribution in [2.24, 2.45) is 10.9 Å². The molecule has 150 valence electrons. The number of hydrogen-bond acceptors (Lipinski definition) is 5. The van der Waals surface area contributed by atoms with Crippen LogP contribution in [0.3, 0.4) is 0 Å². The van der Waals surface area contributed by atoms with E-state index in [0.29, 0.717) is 30.0 Å². The molecule has 0 saturated carbocycles. The third kappa shape index (κ3) is 4.07. The molecule has 6 heteroatoms. The summed E-state index contributed by atoms with van der Waals surface area (Å²) >= 11 is 0. The molecule has 6 nitrogen and oxygen atoms in total. The maximum Gasteiger partial charge on any atom is 0.238 e. The molecule has 4 rings (SSSR count). The Hall–Kier alpha value is -2.99. The molecule has 2 aliphatic rings. The summed E-state index contributed by atoms with van der Waals surface area (Å²) in [6.45, 7) is 3.59. The zero-order valence-corrected chi connectivity index (χ0v) is 16.8. The Kier molecular flexibility index (Phi) is 5.45. The maximum atomic E-state index is 13.0. The lowest BCUT2D eigenvalue weighted by atomic mass is 9.85. The average molecular weight is 391 g/mol. The third-order valence-electron chi connectivity index (χ3n) is 5.59. The minimum absolute atomic E-state index is 0.0594. The highest BCUT2D eigenvalue weighted by molar-refractivity contribution is 6.18. The van der Waals surface area contributed by atoms with Gasteiger partial charge in [-0.25, -0.2) is 0 Å². The van der Waals surface area contributed by atoms with Crippen molar-refractivity contribution in [1.29, 1.82) is 0 Å². The quantitative estimate of drug-likeness (QED) is 0.847. The van der Waals surface area contributed by atoms with E-state index in [1.54, 1.807) is 13.2 Å². The van der Waals surface area contributed by atoms with Gasteiger partial charge in [-0.3, -0.25) is 19.5 Å². The van der Waals surface area contributed by atoms with Crippen LogP contribution < -0.4 is 10.1 Å². The molecular formula is C23H25N3O3. The number of hydrogen-bond donors (Lipinski definition) is 1. The van der Waals surface area contributed by atoms with Gasteiger partial charge < -0.3 is 10.1 Å². The number of aryl methyl sites for hydroxylation is 1. The molecule has 0 spiro atoms. The van der Waals surface area contributed by atoms with Gasteiger partial charge in [-0.05, 0) is 48.7 Å². The largest absolute Gasteiger partial charge is 0.497 e. The van der Waals surface area contributed by atoms with Crippen LogP contribution in [0.2, 0.25) is 0 Å². The monoisotopic (exact) mass is 391 g/mol. The number of ether oxygens (including phenoxy) is 1. The van der Waals surface area contributed by atoms with Crippen molar-refractivity contribution < 1.29 is 14.3 Å². The Morgan fingerprint density at radius 2 is 2.03 bits per heavy atom. The minimum Gasteiger partial charge on any atom is -0.497 e. The minimum atomic E-state index is -0.292. The van der Waals surface area contributed by atoms with E-state index >= 15 is 0 Å². The van der Waals surface area contributed by atoms with Crippen LogP contribution in [0, 0.1) is 5.92 Å². The van der Waals surface area contributed by atoms with Crippen molar-refractivity contribution in [3.05, 3.63) is 53.6 Å². The Balaban J connectivity index is 1.41. The number of nitrogens with one attached hydrogen (secondary N) is 1. The van der Waals surface area contributed by atoms with Crippen molar-refractivity contribution >= 4 is 28.8 Å². The van der Waals surface area contributed by atoms with Gasteiger partial charge in [0.15, 0.2) is 5.78 Å². The third-order valence-corrected chi connectivity index (χ3v) is 5.59. The van der Waals surface area contributed by atoms with Crippen molar-refractivity contribution in [1.82, 2.24) is 4.90 Å². The van der Waals surface area contributed by atoms with E-state index in [1.807, 2.05) is 41.3 Å². The number of rotatable bonds is 5. The molecule has 0 bridgehead atoms. The first kappa shape index (κ1) is 19.3. The molecule has 1 atom stereocenters. The van der Waals surface area contributed by atoms with E-state index in [9.17, 15) is 9.59 Å². The van der Waals surface area contributed by atoms with Gasteiger partial charge in [0.25, 0.3) is 0 Å². The summed E-state index contributed by atoms with van der Waals surface area (Å²) in [5.41, 5.74) is 4.25. The van der Waals surface area contributed by atoms with Crippen LogP contribution in [0.1, 0.15) is 29.3 Å². The molecule has 29 heavy (non-hydrogen) atoms. The lowest BCUT2D eigenvalue weighted by Crippen LogP contribution is -2.47. The number of piperidine rings is 1. The van der Waals surface area contributed by atoms with Gasteiger partial charge >= 0.3 is 0 Å². The number of carbonyl (C=O) groups is 2. The molecule has 1 unspecified atom stereocenters. The smallest absolute Gasteiger partial charge is 0.238 e.